The summed E-state index contributed by atoms with van der Waals surface area (Å²) < 4.78 is 0. The summed E-state index contributed by atoms with van der Waals surface area (Å²) >= 11 is 1.23. The maximum absolute atomic E-state index is 12.3. The van der Waals surface area contributed by atoms with E-state index in [1.165, 1.54) is 11.8 Å². The molecule has 1 amide bonds. The molecule has 0 radical (unpaired) electrons. The number of carboxylic acid groups (broad SMARTS) is 1. The minimum absolute atomic E-state index is 0.00950. The van der Waals surface area contributed by atoms with E-state index in [4.69, 9.17) is 0 Å². The standard InChI is InChI=1S/C13H15NO4S/c15-11(14-8-3-4-19-13(8)18)9-6-1-2-7(5-6)10(9)12(16)17/h1-2,6-10H,3-5H2,(H,14,15)(H,16,17)/t6-,7-,8-,9+,10-/m0/s1. The number of hydrogen-bond donors (Lipinski definition) is 2. The molecule has 6 heteroatoms. The van der Waals surface area contributed by atoms with Crippen molar-refractivity contribution in [2.45, 2.75) is 18.9 Å². The van der Waals surface area contributed by atoms with Crippen LogP contribution in [0.25, 0.3) is 0 Å². The van der Waals surface area contributed by atoms with Crippen molar-refractivity contribution in [1.29, 1.82) is 0 Å². The molecule has 19 heavy (non-hydrogen) atoms. The number of allylic oxidation sites excluding steroid dienone is 2. The molecule has 2 aliphatic carbocycles. The van der Waals surface area contributed by atoms with Crippen LogP contribution >= 0.6 is 11.8 Å². The van der Waals surface area contributed by atoms with Crippen LogP contribution in [0.2, 0.25) is 0 Å². The monoisotopic (exact) mass is 281 g/mol. The van der Waals surface area contributed by atoms with Crippen LogP contribution in [0.3, 0.4) is 0 Å². The van der Waals surface area contributed by atoms with Gasteiger partial charge in [-0.1, -0.05) is 23.9 Å². The Morgan fingerprint density at radius 2 is 1.95 bits per heavy atom. The van der Waals surface area contributed by atoms with Crippen molar-refractivity contribution < 1.29 is 19.5 Å². The predicted molar refractivity (Wildman–Crippen MR) is 69.4 cm³/mol. The van der Waals surface area contributed by atoms with E-state index in [9.17, 15) is 19.5 Å². The Balaban J connectivity index is 1.73. The van der Waals surface area contributed by atoms with Gasteiger partial charge in [0.25, 0.3) is 0 Å². The van der Waals surface area contributed by atoms with Crippen LogP contribution in [-0.2, 0) is 14.4 Å². The predicted octanol–water partition coefficient (Wildman–Crippen LogP) is 0.658. The van der Waals surface area contributed by atoms with Crippen molar-refractivity contribution in [3.8, 4) is 0 Å². The quantitative estimate of drug-likeness (QED) is 0.742. The number of hydrogen-bond acceptors (Lipinski definition) is 4. The molecule has 3 aliphatic rings. The van der Waals surface area contributed by atoms with E-state index in [2.05, 4.69) is 5.32 Å². The number of rotatable bonds is 3. The summed E-state index contributed by atoms with van der Waals surface area (Å²) in [6.45, 7) is 0. The average Bonchev–Trinajstić information content (AvgIpc) is 3.04. The van der Waals surface area contributed by atoms with Crippen molar-refractivity contribution in [3.63, 3.8) is 0 Å². The third kappa shape index (κ3) is 2.08. The SMILES string of the molecule is O=C(O)[C@@H]1[C@H](C(=O)N[C@H]2CCSC2=O)[C@H]2C=C[C@H]1C2. The highest BCUT2D eigenvalue weighted by molar-refractivity contribution is 8.14. The van der Waals surface area contributed by atoms with Crippen molar-refractivity contribution in [2.75, 3.05) is 5.75 Å². The summed E-state index contributed by atoms with van der Waals surface area (Å²) in [6, 6.07) is -0.435. The molecular weight excluding hydrogens is 266 g/mol. The lowest BCUT2D eigenvalue weighted by Crippen LogP contribution is -2.45. The van der Waals surface area contributed by atoms with Crippen LogP contribution in [-0.4, -0.2) is 33.9 Å². The molecule has 0 aromatic carbocycles. The minimum atomic E-state index is -0.913. The number of carboxylic acids is 1. The number of fused-ring (bicyclic) bond motifs is 2. The molecule has 0 aromatic heterocycles. The van der Waals surface area contributed by atoms with E-state index in [0.717, 1.165) is 12.2 Å². The number of thioether (sulfide) groups is 1. The second-order valence-electron chi connectivity index (χ2n) is 5.36. The Hall–Kier alpha value is -1.30. The Bertz CT molecular complexity index is 475. The second kappa shape index (κ2) is 4.67. The maximum atomic E-state index is 12.3. The first-order chi connectivity index (χ1) is 9.08. The molecule has 3 rings (SSSR count). The molecule has 0 spiro atoms. The first kappa shape index (κ1) is 12.7. The van der Waals surface area contributed by atoms with Gasteiger partial charge in [0.2, 0.25) is 11.0 Å². The summed E-state index contributed by atoms with van der Waals surface area (Å²) in [7, 11) is 0. The molecule has 1 saturated carbocycles. The molecule has 2 N–H and O–H groups in total. The van der Waals surface area contributed by atoms with E-state index >= 15 is 0 Å². The topological polar surface area (TPSA) is 83.5 Å². The summed E-state index contributed by atoms with van der Waals surface area (Å²) in [5.74, 6) is -1.65. The lowest BCUT2D eigenvalue weighted by molar-refractivity contribution is -0.148. The molecule has 2 bridgehead atoms. The molecule has 5 atom stereocenters. The highest BCUT2D eigenvalue weighted by Gasteiger charge is 2.52. The molecule has 1 saturated heterocycles. The van der Waals surface area contributed by atoms with E-state index in [0.29, 0.717) is 6.42 Å². The van der Waals surface area contributed by atoms with Gasteiger partial charge < -0.3 is 10.4 Å². The van der Waals surface area contributed by atoms with Crippen molar-refractivity contribution in [2.24, 2.45) is 23.7 Å². The van der Waals surface area contributed by atoms with Crippen LogP contribution in [0.5, 0.6) is 0 Å². The molecular formula is C13H15NO4S. The fourth-order valence-electron chi connectivity index (χ4n) is 3.41. The summed E-state index contributed by atoms with van der Waals surface area (Å²) in [4.78, 5) is 35.1. The summed E-state index contributed by atoms with van der Waals surface area (Å²) in [5.41, 5.74) is 0. The normalized spacial score (nSPS) is 39.8. The Morgan fingerprint density at radius 3 is 2.53 bits per heavy atom. The molecule has 1 heterocycles. The minimum Gasteiger partial charge on any atom is -0.481 e. The summed E-state index contributed by atoms with van der Waals surface area (Å²) in [5, 5.41) is 12.0. The molecule has 2 fully saturated rings. The van der Waals surface area contributed by atoms with Gasteiger partial charge in [-0.2, -0.15) is 0 Å². The fourth-order valence-corrected chi connectivity index (χ4v) is 4.34. The molecule has 0 unspecified atom stereocenters. The highest BCUT2D eigenvalue weighted by atomic mass is 32.2. The average molecular weight is 281 g/mol. The van der Waals surface area contributed by atoms with Crippen LogP contribution < -0.4 is 5.32 Å². The van der Waals surface area contributed by atoms with Gasteiger partial charge in [0.05, 0.1) is 17.9 Å². The van der Waals surface area contributed by atoms with Gasteiger partial charge >= 0.3 is 5.97 Å². The van der Waals surface area contributed by atoms with E-state index in [-0.39, 0.29) is 22.9 Å². The second-order valence-corrected chi connectivity index (χ2v) is 6.45. The molecule has 1 aliphatic heterocycles. The lowest BCUT2D eigenvalue weighted by Gasteiger charge is -2.25. The highest BCUT2D eigenvalue weighted by Crippen LogP contribution is 2.48. The number of aliphatic carboxylic acids is 1. The van der Waals surface area contributed by atoms with Gasteiger partial charge in [-0.25, -0.2) is 0 Å². The number of amides is 1. The van der Waals surface area contributed by atoms with Crippen LogP contribution in [0.4, 0.5) is 0 Å². The van der Waals surface area contributed by atoms with Crippen molar-refractivity contribution in [3.05, 3.63) is 12.2 Å². The smallest absolute Gasteiger partial charge is 0.307 e. The van der Waals surface area contributed by atoms with E-state index < -0.39 is 23.8 Å². The zero-order chi connectivity index (χ0) is 13.6. The molecule has 102 valence electrons. The van der Waals surface area contributed by atoms with Crippen LogP contribution in [0.1, 0.15) is 12.8 Å². The maximum Gasteiger partial charge on any atom is 0.307 e. The van der Waals surface area contributed by atoms with Gasteiger partial charge in [-0.05, 0) is 24.7 Å². The van der Waals surface area contributed by atoms with Crippen LogP contribution in [0, 0.1) is 23.7 Å². The first-order valence-electron chi connectivity index (χ1n) is 6.46. The lowest BCUT2D eigenvalue weighted by atomic mass is 9.82. The van der Waals surface area contributed by atoms with Gasteiger partial charge in [0, 0.05) is 5.75 Å². The molecule has 0 aromatic rings. The Kier molecular flexibility index (Phi) is 3.12. The Labute approximate surface area is 114 Å². The van der Waals surface area contributed by atoms with Gasteiger partial charge in [-0.15, -0.1) is 0 Å². The summed E-state index contributed by atoms with van der Waals surface area (Å²) in [6.07, 6.45) is 5.23. The zero-order valence-corrected chi connectivity index (χ0v) is 11.1. The van der Waals surface area contributed by atoms with Gasteiger partial charge in [-0.3, -0.25) is 14.4 Å². The number of carbonyl (C=O) groups excluding carboxylic acids is 2. The van der Waals surface area contributed by atoms with E-state index in [1.807, 2.05) is 12.2 Å². The zero-order valence-electron chi connectivity index (χ0n) is 10.2. The van der Waals surface area contributed by atoms with Crippen molar-refractivity contribution in [1.82, 2.24) is 5.32 Å². The first-order valence-corrected chi connectivity index (χ1v) is 7.44. The number of nitrogens with one attached hydrogen (secondary N) is 1. The Morgan fingerprint density at radius 1 is 1.26 bits per heavy atom. The molecule has 5 nitrogen and oxygen atoms in total. The van der Waals surface area contributed by atoms with Crippen LogP contribution in [0.15, 0.2) is 12.2 Å². The van der Waals surface area contributed by atoms with Crippen molar-refractivity contribution >= 4 is 28.8 Å². The van der Waals surface area contributed by atoms with Gasteiger partial charge in [0.15, 0.2) is 0 Å². The number of carbonyl (C=O) groups is 3. The van der Waals surface area contributed by atoms with E-state index in [1.54, 1.807) is 0 Å². The fraction of sp³-hybridized carbons (Fsp3) is 0.615. The largest absolute Gasteiger partial charge is 0.481 e. The third-order valence-electron chi connectivity index (χ3n) is 4.30. The third-order valence-corrected chi connectivity index (χ3v) is 5.31. The van der Waals surface area contributed by atoms with Gasteiger partial charge in [0.1, 0.15) is 0 Å².